The van der Waals surface area contributed by atoms with Crippen LogP contribution >= 0.6 is 0 Å². The molecule has 0 fully saturated rings. The summed E-state index contributed by atoms with van der Waals surface area (Å²) >= 11 is 0. The second kappa shape index (κ2) is 2.67. The van der Waals surface area contributed by atoms with E-state index in [4.69, 9.17) is 0 Å². The molecule has 1 atom stereocenters. The summed E-state index contributed by atoms with van der Waals surface area (Å²) in [5.41, 5.74) is 3.90. The average molecular weight is 159 g/mol. The van der Waals surface area contributed by atoms with Crippen molar-refractivity contribution >= 4 is 11.6 Å². The third kappa shape index (κ3) is 1.11. The van der Waals surface area contributed by atoms with Crippen LogP contribution in [0.3, 0.4) is 0 Å². The van der Waals surface area contributed by atoms with Crippen molar-refractivity contribution in [2.45, 2.75) is 13.8 Å². The number of rotatable bonds is 0. The molecule has 1 aliphatic rings. The fourth-order valence-electron chi connectivity index (χ4n) is 1.65. The largest absolute Gasteiger partial charge is 0.361 e. The number of aromatic amines is 1. The number of aromatic nitrogens is 1. The quantitative estimate of drug-likeness (QED) is 0.598. The molecule has 0 radical (unpaired) electrons. The lowest BCUT2D eigenvalue weighted by Gasteiger charge is -1.99. The van der Waals surface area contributed by atoms with Gasteiger partial charge in [0.1, 0.15) is 0 Å². The summed E-state index contributed by atoms with van der Waals surface area (Å²) in [6.45, 7) is 4.35. The summed E-state index contributed by atoms with van der Waals surface area (Å²) in [7, 11) is 0. The Kier molecular flexibility index (Phi) is 1.65. The minimum Gasteiger partial charge on any atom is -0.361 e. The number of fused-ring (bicyclic) bond motifs is 1. The van der Waals surface area contributed by atoms with Gasteiger partial charge in [0.15, 0.2) is 0 Å². The van der Waals surface area contributed by atoms with Gasteiger partial charge >= 0.3 is 0 Å². The molecule has 1 N–H and O–H groups in total. The van der Waals surface area contributed by atoms with Crippen molar-refractivity contribution in [2.75, 3.05) is 0 Å². The third-order valence-electron chi connectivity index (χ3n) is 2.27. The highest BCUT2D eigenvalue weighted by atomic mass is 14.7. The van der Waals surface area contributed by atoms with Crippen LogP contribution in [0.1, 0.15) is 25.1 Å². The Labute approximate surface area is 72.8 Å². The lowest BCUT2D eigenvalue weighted by atomic mass is 10.1. The van der Waals surface area contributed by atoms with Crippen LogP contribution < -0.4 is 0 Å². The Bertz CT molecular complexity index is 342. The molecule has 1 heteroatoms. The molecule has 0 aliphatic heterocycles. The second-order valence-electron chi connectivity index (χ2n) is 3.38. The van der Waals surface area contributed by atoms with E-state index in [0.717, 1.165) is 0 Å². The molecule has 2 rings (SSSR count). The van der Waals surface area contributed by atoms with Gasteiger partial charge in [-0.15, -0.1) is 0 Å². The molecule has 1 aromatic heterocycles. The van der Waals surface area contributed by atoms with Crippen molar-refractivity contribution in [2.24, 2.45) is 5.92 Å². The second-order valence-corrected chi connectivity index (χ2v) is 3.38. The lowest BCUT2D eigenvalue weighted by Crippen LogP contribution is -1.83. The van der Waals surface area contributed by atoms with E-state index in [-0.39, 0.29) is 0 Å². The minimum absolute atomic E-state index is 0.547. The molecule has 1 aliphatic carbocycles. The van der Waals surface area contributed by atoms with Crippen molar-refractivity contribution < 1.29 is 0 Å². The van der Waals surface area contributed by atoms with E-state index in [1.165, 1.54) is 16.8 Å². The summed E-state index contributed by atoms with van der Waals surface area (Å²) in [4.78, 5) is 3.25. The van der Waals surface area contributed by atoms with E-state index in [1.54, 1.807) is 0 Å². The lowest BCUT2D eigenvalue weighted by molar-refractivity contribution is 0.948. The molecule has 0 saturated heterocycles. The predicted molar refractivity (Wildman–Crippen MR) is 52.6 cm³/mol. The van der Waals surface area contributed by atoms with Gasteiger partial charge in [-0.1, -0.05) is 25.2 Å². The summed E-state index contributed by atoms with van der Waals surface area (Å²) in [6.07, 6.45) is 8.67. The molecular formula is C11H13N. The molecule has 1 heterocycles. The highest BCUT2D eigenvalue weighted by Gasteiger charge is 2.07. The Hall–Kier alpha value is -1.24. The highest BCUT2D eigenvalue weighted by Crippen LogP contribution is 2.24. The molecule has 0 bridgehead atoms. The van der Waals surface area contributed by atoms with Gasteiger partial charge in [0.2, 0.25) is 0 Å². The SMILES string of the molecule is CC1=CC(C)C=Cc2cc[nH]c21. The van der Waals surface area contributed by atoms with Gasteiger partial charge in [0, 0.05) is 11.9 Å². The van der Waals surface area contributed by atoms with E-state index in [1.807, 2.05) is 6.20 Å². The van der Waals surface area contributed by atoms with Gasteiger partial charge in [0.25, 0.3) is 0 Å². The topological polar surface area (TPSA) is 15.8 Å². The van der Waals surface area contributed by atoms with E-state index in [9.17, 15) is 0 Å². The van der Waals surface area contributed by atoms with Crippen LogP contribution in [0.5, 0.6) is 0 Å². The zero-order valence-corrected chi connectivity index (χ0v) is 7.46. The first-order valence-electron chi connectivity index (χ1n) is 4.32. The van der Waals surface area contributed by atoms with E-state index in [2.05, 4.69) is 43.1 Å². The molecule has 0 saturated carbocycles. The maximum absolute atomic E-state index is 3.25. The number of H-pyrrole nitrogens is 1. The highest BCUT2D eigenvalue weighted by molar-refractivity contribution is 5.73. The number of nitrogens with one attached hydrogen (secondary N) is 1. The maximum atomic E-state index is 3.25. The summed E-state index contributed by atoms with van der Waals surface area (Å²) < 4.78 is 0. The van der Waals surface area contributed by atoms with Crippen LogP contribution in [0, 0.1) is 5.92 Å². The summed E-state index contributed by atoms with van der Waals surface area (Å²) in [6, 6.07) is 2.11. The molecule has 62 valence electrons. The third-order valence-corrected chi connectivity index (χ3v) is 2.27. The standard InChI is InChI=1S/C11H13N/c1-8-3-4-10-5-6-12-11(10)9(2)7-8/h3-8,12H,1-2H3. The van der Waals surface area contributed by atoms with Crippen molar-refractivity contribution in [1.29, 1.82) is 0 Å². The van der Waals surface area contributed by atoms with E-state index >= 15 is 0 Å². The van der Waals surface area contributed by atoms with Crippen molar-refractivity contribution in [1.82, 2.24) is 4.98 Å². The number of allylic oxidation sites excluding steroid dienone is 3. The van der Waals surface area contributed by atoms with Crippen molar-refractivity contribution in [3.05, 3.63) is 35.7 Å². The maximum Gasteiger partial charge on any atom is 0.0480 e. The molecule has 0 spiro atoms. The molecule has 1 nitrogen and oxygen atoms in total. The Morgan fingerprint density at radius 3 is 3.08 bits per heavy atom. The van der Waals surface area contributed by atoms with Crippen LogP contribution in [0.2, 0.25) is 0 Å². The number of hydrogen-bond donors (Lipinski definition) is 1. The van der Waals surface area contributed by atoms with E-state index < -0.39 is 0 Å². The summed E-state index contributed by atoms with van der Waals surface area (Å²) in [5, 5.41) is 0. The molecule has 0 aromatic carbocycles. The van der Waals surface area contributed by atoms with Crippen LogP contribution in [0.25, 0.3) is 11.6 Å². The minimum atomic E-state index is 0.547. The number of hydrogen-bond acceptors (Lipinski definition) is 0. The first-order valence-corrected chi connectivity index (χ1v) is 4.32. The van der Waals surface area contributed by atoms with Crippen molar-refractivity contribution in [3.8, 4) is 0 Å². The summed E-state index contributed by atoms with van der Waals surface area (Å²) in [5.74, 6) is 0.547. The van der Waals surface area contributed by atoms with Gasteiger partial charge < -0.3 is 4.98 Å². The van der Waals surface area contributed by atoms with Gasteiger partial charge in [-0.2, -0.15) is 0 Å². The fraction of sp³-hybridized carbons (Fsp3) is 0.273. The van der Waals surface area contributed by atoms with E-state index in [0.29, 0.717) is 5.92 Å². The van der Waals surface area contributed by atoms with Crippen LogP contribution in [0.15, 0.2) is 24.4 Å². The van der Waals surface area contributed by atoms with Crippen LogP contribution in [-0.2, 0) is 0 Å². The molecule has 1 aromatic rings. The van der Waals surface area contributed by atoms with Gasteiger partial charge in [-0.25, -0.2) is 0 Å². The predicted octanol–water partition coefficient (Wildman–Crippen LogP) is 3.08. The Morgan fingerprint density at radius 2 is 2.25 bits per heavy atom. The van der Waals surface area contributed by atoms with Gasteiger partial charge in [-0.05, 0) is 30.0 Å². The zero-order valence-electron chi connectivity index (χ0n) is 7.46. The molecular weight excluding hydrogens is 146 g/mol. The van der Waals surface area contributed by atoms with Gasteiger partial charge in [-0.3, -0.25) is 0 Å². The monoisotopic (exact) mass is 159 g/mol. The molecule has 12 heavy (non-hydrogen) atoms. The van der Waals surface area contributed by atoms with Gasteiger partial charge in [0.05, 0.1) is 0 Å². The smallest absolute Gasteiger partial charge is 0.0480 e. The zero-order chi connectivity index (χ0) is 8.55. The fourth-order valence-corrected chi connectivity index (χ4v) is 1.65. The first-order chi connectivity index (χ1) is 5.77. The average Bonchev–Trinajstić information content (AvgIpc) is 2.43. The van der Waals surface area contributed by atoms with Crippen LogP contribution in [0.4, 0.5) is 0 Å². The Balaban J connectivity index is 2.55. The molecule has 1 unspecified atom stereocenters. The van der Waals surface area contributed by atoms with Crippen LogP contribution in [-0.4, -0.2) is 4.98 Å². The normalized spacial score (nSPS) is 21.5. The first kappa shape index (κ1) is 7.41. The Morgan fingerprint density at radius 1 is 1.42 bits per heavy atom. The molecule has 0 amide bonds. The van der Waals surface area contributed by atoms with Crippen molar-refractivity contribution in [3.63, 3.8) is 0 Å².